The SMILES string of the molecule is CC(C)c1nc2c(OCCC(=O)O)cccn2c1CN. The summed E-state index contributed by atoms with van der Waals surface area (Å²) >= 11 is 0. The Bertz CT molecular complexity index is 619. The van der Waals surface area contributed by atoms with Gasteiger partial charge in [-0.1, -0.05) is 13.8 Å². The highest BCUT2D eigenvalue weighted by Gasteiger charge is 2.16. The van der Waals surface area contributed by atoms with Crippen LogP contribution in [0.5, 0.6) is 5.75 Å². The number of nitrogens with zero attached hydrogens (tertiary/aromatic N) is 2. The fourth-order valence-electron chi connectivity index (χ4n) is 2.14. The third-order valence-corrected chi connectivity index (χ3v) is 3.06. The molecule has 0 amide bonds. The second kappa shape index (κ2) is 5.92. The summed E-state index contributed by atoms with van der Waals surface area (Å²) < 4.78 is 7.43. The zero-order valence-electron chi connectivity index (χ0n) is 11.7. The normalized spacial score (nSPS) is 11.2. The predicted octanol–water partition coefficient (Wildman–Crippen LogP) is 1.77. The Morgan fingerprint density at radius 1 is 1.55 bits per heavy atom. The number of aromatic nitrogens is 2. The zero-order valence-corrected chi connectivity index (χ0v) is 11.7. The van der Waals surface area contributed by atoms with Crippen LogP contribution in [-0.2, 0) is 11.3 Å². The monoisotopic (exact) mass is 277 g/mol. The van der Waals surface area contributed by atoms with E-state index in [1.807, 2.05) is 16.7 Å². The molecule has 2 heterocycles. The van der Waals surface area contributed by atoms with E-state index in [9.17, 15) is 4.79 Å². The molecule has 0 fully saturated rings. The zero-order chi connectivity index (χ0) is 14.7. The molecule has 0 unspecified atom stereocenters. The Morgan fingerprint density at radius 3 is 2.90 bits per heavy atom. The van der Waals surface area contributed by atoms with E-state index in [0.717, 1.165) is 11.4 Å². The Labute approximate surface area is 117 Å². The highest BCUT2D eigenvalue weighted by Crippen LogP contribution is 2.26. The summed E-state index contributed by atoms with van der Waals surface area (Å²) in [5, 5.41) is 8.65. The molecule has 6 heteroatoms. The van der Waals surface area contributed by atoms with Gasteiger partial charge in [0.25, 0.3) is 0 Å². The van der Waals surface area contributed by atoms with Gasteiger partial charge in [-0.2, -0.15) is 0 Å². The first kappa shape index (κ1) is 14.3. The topological polar surface area (TPSA) is 89.8 Å². The maximum atomic E-state index is 10.5. The van der Waals surface area contributed by atoms with Crippen molar-refractivity contribution < 1.29 is 14.6 Å². The van der Waals surface area contributed by atoms with Crippen LogP contribution in [0.3, 0.4) is 0 Å². The molecule has 108 valence electrons. The first-order chi connectivity index (χ1) is 9.54. The van der Waals surface area contributed by atoms with Crippen molar-refractivity contribution in [3.05, 3.63) is 29.7 Å². The number of rotatable bonds is 6. The minimum atomic E-state index is -0.884. The number of pyridine rings is 1. The van der Waals surface area contributed by atoms with Crippen LogP contribution in [0.25, 0.3) is 5.65 Å². The number of carboxylic acids is 1. The van der Waals surface area contributed by atoms with Crippen molar-refractivity contribution in [3.8, 4) is 5.75 Å². The lowest BCUT2D eigenvalue weighted by Crippen LogP contribution is -2.06. The van der Waals surface area contributed by atoms with Crippen molar-refractivity contribution in [1.82, 2.24) is 9.38 Å². The van der Waals surface area contributed by atoms with Gasteiger partial charge < -0.3 is 15.6 Å². The van der Waals surface area contributed by atoms with E-state index >= 15 is 0 Å². The summed E-state index contributed by atoms with van der Waals surface area (Å²) in [7, 11) is 0. The fraction of sp³-hybridized carbons (Fsp3) is 0.429. The Morgan fingerprint density at radius 2 is 2.30 bits per heavy atom. The van der Waals surface area contributed by atoms with Gasteiger partial charge in [-0.05, 0) is 18.1 Å². The van der Waals surface area contributed by atoms with E-state index in [4.69, 9.17) is 15.6 Å². The van der Waals surface area contributed by atoms with Crippen LogP contribution in [0.15, 0.2) is 18.3 Å². The number of imidazole rings is 1. The van der Waals surface area contributed by atoms with Gasteiger partial charge in [0.1, 0.15) is 0 Å². The van der Waals surface area contributed by atoms with Gasteiger partial charge in [-0.15, -0.1) is 0 Å². The summed E-state index contributed by atoms with van der Waals surface area (Å²) in [4.78, 5) is 15.1. The molecule has 0 saturated carbocycles. The van der Waals surface area contributed by atoms with Crippen molar-refractivity contribution in [2.45, 2.75) is 32.7 Å². The van der Waals surface area contributed by atoms with E-state index in [1.54, 1.807) is 6.07 Å². The standard InChI is InChI=1S/C14H19N3O3/c1-9(2)13-10(8-15)17-6-3-4-11(14(17)16-13)20-7-5-12(18)19/h3-4,6,9H,5,7-8,15H2,1-2H3,(H,18,19). The molecule has 3 N–H and O–H groups in total. The Hall–Kier alpha value is -2.08. The maximum Gasteiger partial charge on any atom is 0.306 e. The number of carboxylic acid groups (broad SMARTS) is 1. The highest BCUT2D eigenvalue weighted by atomic mass is 16.5. The van der Waals surface area contributed by atoms with Gasteiger partial charge in [0.2, 0.25) is 0 Å². The second-order valence-electron chi connectivity index (χ2n) is 4.86. The van der Waals surface area contributed by atoms with Gasteiger partial charge in [0, 0.05) is 12.7 Å². The van der Waals surface area contributed by atoms with Crippen LogP contribution in [0.2, 0.25) is 0 Å². The summed E-state index contributed by atoms with van der Waals surface area (Å²) in [6.07, 6.45) is 1.85. The largest absolute Gasteiger partial charge is 0.489 e. The van der Waals surface area contributed by atoms with E-state index < -0.39 is 5.97 Å². The van der Waals surface area contributed by atoms with Crippen LogP contribution in [0.4, 0.5) is 0 Å². The molecule has 2 aromatic rings. The fourth-order valence-corrected chi connectivity index (χ4v) is 2.14. The minimum absolute atomic E-state index is 0.0391. The Kier molecular flexibility index (Phi) is 4.24. The molecule has 0 saturated heterocycles. The van der Waals surface area contributed by atoms with Crippen LogP contribution in [0, 0.1) is 0 Å². The minimum Gasteiger partial charge on any atom is -0.489 e. The molecule has 0 aromatic carbocycles. The van der Waals surface area contributed by atoms with Gasteiger partial charge in [-0.25, -0.2) is 4.98 Å². The first-order valence-electron chi connectivity index (χ1n) is 6.59. The average Bonchev–Trinajstić information content (AvgIpc) is 2.77. The van der Waals surface area contributed by atoms with Crippen LogP contribution >= 0.6 is 0 Å². The number of fused-ring (bicyclic) bond motifs is 1. The van der Waals surface area contributed by atoms with Crippen molar-refractivity contribution in [3.63, 3.8) is 0 Å². The lowest BCUT2D eigenvalue weighted by atomic mass is 10.1. The molecule has 0 aliphatic rings. The molecule has 2 rings (SSSR count). The molecular formula is C14H19N3O3. The van der Waals surface area contributed by atoms with Crippen molar-refractivity contribution in [2.75, 3.05) is 6.61 Å². The number of hydrogen-bond acceptors (Lipinski definition) is 4. The molecular weight excluding hydrogens is 258 g/mol. The molecule has 20 heavy (non-hydrogen) atoms. The van der Waals surface area contributed by atoms with E-state index in [-0.39, 0.29) is 18.9 Å². The van der Waals surface area contributed by atoms with Crippen LogP contribution in [0.1, 0.15) is 37.6 Å². The molecule has 0 atom stereocenters. The lowest BCUT2D eigenvalue weighted by molar-refractivity contribution is -0.137. The predicted molar refractivity (Wildman–Crippen MR) is 74.9 cm³/mol. The number of aliphatic carboxylic acids is 1. The summed E-state index contributed by atoms with van der Waals surface area (Å²) in [5.41, 5.74) is 8.40. The van der Waals surface area contributed by atoms with Crippen LogP contribution in [-0.4, -0.2) is 27.1 Å². The van der Waals surface area contributed by atoms with E-state index in [1.165, 1.54) is 0 Å². The maximum absolute atomic E-state index is 10.5. The quantitative estimate of drug-likeness (QED) is 0.839. The molecule has 0 radical (unpaired) electrons. The molecule has 0 bridgehead atoms. The molecule has 2 aromatic heterocycles. The van der Waals surface area contributed by atoms with Gasteiger partial charge in [-0.3, -0.25) is 9.20 Å². The highest BCUT2D eigenvalue weighted by molar-refractivity contribution is 5.67. The summed E-state index contributed by atoms with van der Waals surface area (Å²) in [6, 6.07) is 3.63. The van der Waals surface area contributed by atoms with Gasteiger partial charge in [0.15, 0.2) is 11.4 Å². The lowest BCUT2D eigenvalue weighted by Gasteiger charge is -2.06. The molecule has 6 nitrogen and oxygen atoms in total. The smallest absolute Gasteiger partial charge is 0.306 e. The number of carbonyl (C=O) groups is 1. The first-order valence-corrected chi connectivity index (χ1v) is 6.59. The van der Waals surface area contributed by atoms with Crippen LogP contribution < -0.4 is 10.5 Å². The van der Waals surface area contributed by atoms with E-state index in [2.05, 4.69) is 18.8 Å². The van der Waals surface area contributed by atoms with Crippen molar-refractivity contribution in [1.29, 1.82) is 0 Å². The molecule has 0 spiro atoms. The van der Waals surface area contributed by atoms with E-state index in [0.29, 0.717) is 17.9 Å². The third-order valence-electron chi connectivity index (χ3n) is 3.06. The molecule has 0 aliphatic carbocycles. The average molecular weight is 277 g/mol. The van der Waals surface area contributed by atoms with Gasteiger partial charge >= 0.3 is 5.97 Å². The van der Waals surface area contributed by atoms with Crippen molar-refractivity contribution in [2.24, 2.45) is 5.73 Å². The second-order valence-corrected chi connectivity index (χ2v) is 4.86. The van der Waals surface area contributed by atoms with Crippen molar-refractivity contribution >= 4 is 11.6 Å². The Balaban J connectivity index is 2.39. The summed E-state index contributed by atoms with van der Waals surface area (Å²) in [5.74, 6) is -0.0403. The number of ether oxygens (including phenoxy) is 1. The van der Waals surface area contributed by atoms with Gasteiger partial charge in [0.05, 0.1) is 24.4 Å². The third kappa shape index (κ3) is 2.75. The number of nitrogens with two attached hydrogens (primary N) is 1. The molecule has 0 aliphatic heterocycles. The number of hydrogen-bond donors (Lipinski definition) is 2. The summed E-state index contributed by atoms with van der Waals surface area (Å²) in [6.45, 7) is 4.64.